The number of ether oxygens (including phenoxy) is 1. The maximum absolute atomic E-state index is 5.69. The fraction of sp³-hybridized carbons (Fsp3) is 0.400. The van der Waals surface area contributed by atoms with Gasteiger partial charge in [0, 0.05) is 16.8 Å². The number of H-pyrrole nitrogens is 1. The Kier molecular flexibility index (Phi) is 3.90. The van der Waals surface area contributed by atoms with Gasteiger partial charge in [0.15, 0.2) is 0 Å². The number of aromatic nitrogens is 2. The molecule has 0 aliphatic rings. The Bertz CT molecular complexity index is 587. The van der Waals surface area contributed by atoms with Crippen LogP contribution in [0.4, 0.5) is 0 Å². The van der Waals surface area contributed by atoms with E-state index in [0.717, 1.165) is 34.7 Å². The average Bonchev–Trinajstić information content (AvgIpc) is 2.71. The lowest BCUT2D eigenvalue weighted by Crippen LogP contribution is -2.04. The molecular formula is C15H21N3O. The number of aryl methyl sites for hydroxylation is 3. The molecule has 4 heteroatoms. The van der Waals surface area contributed by atoms with Crippen molar-refractivity contribution in [3.8, 4) is 17.0 Å². The molecule has 0 bridgehead atoms. The van der Waals surface area contributed by atoms with Crippen LogP contribution < -0.4 is 10.5 Å². The Morgan fingerprint density at radius 3 is 2.63 bits per heavy atom. The Morgan fingerprint density at radius 1 is 1.26 bits per heavy atom. The summed E-state index contributed by atoms with van der Waals surface area (Å²) < 4.78 is 5.54. The highest BCUT2D eigenvalue weighted by molar-refractivity contribution is 5.73. The van der Waals surface area contributed by atoms with E-state index in [4.69, 9.17) is 10.5 Å². The number of nitrogens with two attached hydrogens (primary N) is 1. The van der Waals surface area contributed by atoms with E-state index in [9.17, 15) is 0 Å². The topological polar surface area (TPSA) is 63.9 Å². The molecule has 3 N–H and O–H groups in total. The second-order valence-electron chi connectivity index (χ2n) is 4.88. The van der Waals surface area contributed by atoms with E-state index in [2.05, 4.69) is 36.2 Å². The van der Waals surface area contributed by atoms with Crippen LogP contribution in [0.15, 0.2) is 12.1 Å². The SMILES string of the molecule is COc1c(C)cc(C)cc1-c1n[nH]c(C)c1CCN. The van der Waals surface area contributed by atoms with Gasteiger partial charge in [-0.1, -0.05) is 6.07 Å². The second-order valence-corrected chi connectivity index (χ2v) is 4.88. The molecule has 1 aromatic carbocycles. The summed E-state index contributed by atoms with van der Waals surface area (Å²) in [6.07, 6.45) is 0.813. The van der Waals surface area contributed by atoms with Crippen LogP contribution in [0.2, 0.25) is 0 Å². The first kappa shape index (κ1) is 13.6. The quantitative estimate of drug-likeness (QED) is 0.886. The van der Waals surface area contributed by atoms with Gasteiger partial charge in [-0.3, -0.25) is 5.10 Å². The summed E-state index contributed by atoms with van der Waals surface area (Å²) in [7, 11) is 1.70. The molecule has 4 nitrogen and oxygen atoms in total. The molecule has 19 heavy (non-hydrogen) atoms. The van der Waals surface area contributed by atoms with E-state index in [1.54, 1.807) is 7.11 Å². The first-order valence-electron chi connectivity index (χ1n) is 6.48. The van der Waals surface area contributed by atoms with Crippen LogP contribution in [0.5, 0.6) is 5.75 Å². The highest BCUT2D eigenvalue weighted by Gasteiger charge is 2.17. The predicted octanol–water partition coefficient (Wildman–Crippen LogP) is 2.51. The zero-order valence-electron chi connectivity index (χ0n) is 12.0. The van der Waals surface area contributed by atoms with Crippen LogP contribution in [0.1, 0.15) is 22.4 Å². The number of hydrogen-bond acceptors (Lipinski definition) is 3. The van der Waals surface area contributed by atoms with Crippen molar-refractivity contribution < 1.29 is 4.74 Å². The lowest BCUT2D eigenvalue weighted by atomic mass is 9.98. The summed E-state index contributed by atoms with van der Waals surface area (Å²) in [5.74, 6) is 0.885. The van der Waals surface area contributed by atoms with Crippen molar-refractivity contribution in [1.82, 2.24) is 10.2 Å². The summed E-state index contributed by atoms with van der Waals surface area (Å²) in [5.41, 5.74) is 12.2. The molecule has 102 valence electrons. The smallest absolute Gasteiger partial charge is 0.131 e. The van der Waals surface area contributed by atoms with Gasteiger partial charge in [-0.2, -0.15) is 5.10 Å². The first-order valence-corrected chi connectivity index (χ1v) is 6.48. The highest BCUT2D eigenvalue weighted by Crippen LogP contribution is 2.35. The lowest BCUT2D eigenvalue weighted by Gasteiger charge is -2.12. The average molecular weight is 259 g/mol. The summed E-state index contributed by atoms with van der Waals surface area (Å²) >= 11 is 0. The van der Waals surface area contributed by atoms with Crippen LogP contribution in [0, 0.1) is 20.8 Å². The van der Waals surface area contributed by atoms with Crippen molar-refractivity contribution in [2.24, 2.45) is 5.73 Å². The molecule has 0 saturated carbocycles. The van der Waals surface area contributed by atoms with Crippen LogP contribution in [0.3, 0.4) is 0 Å². The summed E-state index contributed by atoms with van der Waals surface area (Å²) in [5, 5.41) is 7.48. The maximum atomic E-state index is 5.69. The van der Waals surface area contributed by atoms with Gasteiger partial charge in [-0.25, -0.2) is 0 Å². The van der Waals surface area contributed by atoms with Gasteiger partial charge in [0.25, 0.3) is 0 Å². The molecule has 0 spiro atoms. The van der Waals surface area contributed by atoms with Crippen molar-refractivity contribution in [2.45, 2.75) is 27.2 Å². The van der Waals surface area contributed by atoms with E-state index in [0.29, 0.717) is 6.54 Å². The number of benzene rings is 1. The highest BCUT2D eigenvalue weighted by atomic mass is 16.5. The van der Waals surface area contributed by atoms with E-state index in [1.807, 2.05) is 6.92 Å². The van der Waals surface area contributed by atoms with Crippen molar-refractivity contribution in [3.05, 3.63) is 34.5 Å². The van der Waals surface area contributed by atoms with E-state index < -0.39 is 0 Å². The number of methoxy groups -OCH3 is 1. The van der Waals surface area contributed by atoms with Crippen molar-refractivity contribution in [2.75, 3.05) is 13.7 Å². The minimum absolute atomic E-state index is 0.612. The molecule has 1 heterocycles. The van der Waals surface area contributed by atoms with Crippen LogP contribution in [0.25, 0.3) is 11.3 Å². The Labute approximate surface area is 114 Å². The molecular weight excluding hydrogens is 238 g/mol. The van der Waals surface area contributed by atoms with Gasteiger partial charge < -0.3 is 10.5 Å². The minimum atomic E-state index is 0.612. The summed E-state index contributed by atoms with van der Waals surface area (Å²) in [6.45, 7) is 6.77. The molecule has 0 radical (unpaired) electrons. The molecule has 0 atom stereocenters. The summed E-state index contributed by atoms with van der Waals surface area (Å²) in [4.78, 5) is 0. The van der Waals surface area contributed by atoms with E-state index in [1.165, 1.54) is 11.1 Å². The molecule has 1 aromatic heterocycles. The molecule has 2 aromatic rings. The third-order valence-electron chi connectivity index (χ3n) is 3.35. The molecule has 0 fully saturated rings. The predicted molar refractivity (Wildman–Crippen MR) is 77.5 cm³/mol. The van der Waals surface area contributed by atoms with Crippen LogP contribution >= 0.6 is 0 Å². The number of rotatable bonds is 4. The van der Waals surface area contributed by atoms with Crippen molar-refractivity contribution in [1.29, 1.82) is 0 Å². The molecule has 0 amide bonds. The van der Waals surface area contributed by atoms with Crippen molar-refractivity contribution >= 4 is 0 Å². The number of nitrogens with one attached hydrogen (secondary N) is 1. The molecule has 0 aliphatic carbocycles. The minimum Gasteiger partial charge on any atom is -0.496 e. The standard InChI is InChI=1S/C15H21N3O/c1-9-7-10(2)15(19-4)13(8-9)14-12(5-6-16)11(3)17-18-14/h7-8H,5-6,16H2,1-4H3,(H,17,18). The monoisotopic (exact) mass is 259 g/mol. The van der Waals surface area contributed by atoms with Gasteiger partial charge >= 0.3 is 0 Å². The molecule has 0 aliphatic heterocycles. The van der Waals surface area contributed by atoms with Gasteiger partial charge in [0.2, 0.25) is 0 Å². The zero-order valence-corrected chi connectivity index (χ0v) is 12.0. The van der Waals surface area contributed by atoms with Crippen LogP contribution in [-0.2, 0) is 6.42 Å². The largest absolute Gasteiger partial charge is 0.496 e. The first-order chi connectivity index (χ1) is 9.08. The van der Waals surface area contributed by atoms with Gasteiger partial charge in [-0.15, -0.1) is 0 Å². The number of nitrogens with zero attached hydrogens (tertiary/aromatic N) is 1. The maximum Gasteiger partial charge on any atom is 0.131 e. The zero-order chi connectivity index (χ0) is 14.0. The molecule has 0 unspecified atom stereocenters. The Balaban J connectivity index is 2.64. The number of aromatic amines is 1. The van der Waals surface area contributed by atoms with Gasteiger partial charge in [0.1, 0.15) is 5.75 Å². The van der Waals surface area contributed by atoms with E-state index >= 15 is 0 Å². The van der Waals surface area contributed by atoms with Crippen molar-refractivity contribution in [3.63, 3.8) is 0 Å². The number of hydrogen-bond donors (Lipinski definition) is 2. The lowest BCUT2D eigenvalue weighted by molar-refractivity contribution is 0.413. The Hall–Kier alpha value is -1.81. The van der Waals surface area contributed by atoms with Gasteiger partial charge in [-0.05, 0) is 50.9 Å². The Morgan fingerprint density at radius 2 is 2.00 bits per heavy atom. The molecule has 0 saturated heterocycles. The normalized spacial score (nSPS) is 10.8. The third-order valence-corrected chi connectivity index (χ3v) is 3.35. The third kappa shape index (κ3) is 2.49. The summed E-state index contributed by atoms with van der Waals surface area (Å²) in [6, 6.07) is 4.23. The second kappa shape index (κ2) is 5.45. The molecule has 2 rings (SSSR count). The van der Waals surface area contributed by atoms with Crippen LogP contribution in [-0.4, -0.2) is 23.9 Å². The fourth-order valence-electron chi connectivity index (χ4n) is 2.53. The van der Waals surface area contributed by atoms with Gasteiger partial charge in [0.05, 0.1) is 12.8 Å². The fourth-order valence-corrected chi connectivity index (χ4v) is 2.53. The van der Waals surface area contributed by atoms with E-state index in [-0.39, 0.29) is 0 Å².